The normalized spacial score (nSPS) is 21.4. The number of rotatable bonds is 3. The Kier molecular flexibility index (Phi) is 3.57. The minimum Gasteiger partial charge on any atom is -0.338 e. The first-order valence-corrected chi connectivity index (χ1v) is 6.67. The molecule has 3 nitrogen and oxygen atoms in total. The molecule has 2 rings (SSSR count). The zero-order valence-corrected chi connectivity index (χ0v) is 11.3. The summed E-state index contributed by atoms with van der Waals surface area (Å²) in [5, 5.41) is 3.28. The highest BCUT2D eigenvalue weighted by atomic mass is 16.2. The summed E-state index contributed by atoms with van der Waals surface area (Å²) in [5.74, 6) is 0.251. The van der Waals surface area contributed by atoms with Gasteiger partial charge in [-0.05, 0) is 24.7 Å². The van der Waals surface area contributed by atoms with Crippen molar-refractivity contribution in [2.75, 3.05) is 19.6 Å². The Bertz CT molecular complexity index is 324. The molecular formula is C14H24N2O. The average Bonchev–Trinajstić information content (AvgIpc) is 3.09. The first kappa shape index (κ1) is 12.6. The molecule has 3 heteroatoms. The van der Waals surface area contributed by atoms with Crippen LogP contribution in [0.2, 0.25) is 0 Å². The van der Waals surface area contributed by atoms with Gasteiger partial charge in [-0.15, -0.1) is 0 Å². The van der Waals surface area contributed by atoms with Gasteiger partial charge in [0.05, 0.1) is 6.54 Å². The molecule has 1 saturated carbocycles. The standard InChI is InChI=1S/C14H24N2O/c1-14(2,3)11-6-8-16(9-7-11)13(17)10-15-12-4-5-12/h6,12,15H,4-5,7-10H2,1-3H3. The van der Waals surface area contributed by atoms with E-state index in [-0.39, 0.29) is 11.3 Å². The van der Waals surface area contributed by atoms with E-state index in [1.54, 1.807) is 0 Å². The Morgan fingerprint density at radius 1 is 1.47 bits per heavy atom. The molecule has 0 aromatic heterocycles. The van der Waals surface area contributed by atoms with Gasteiger partial charge in [-0.25, -0.2) is 0 Å². The van der Waals surface area contributed by atoms with Gasteiger partial charge in [0.15, 0.2) is 0 Å². The second kappa shape index (κ2) is 4.81. The van der Waals surface area contributed by atoms with E-state index < -0.39 is 0 Å². The largest absolute Gasteiger partial charge is 0.338 e. The van der Waals surface area contributed by atoms with Gasteiger partial charge < -0.3 is 10.2 Å². The molecule has 0 spiro atoms. The lowest BCUT2D eigenvalue weighted by atomic mass is 9.83. The highest BCUT2D eigenvalue weighted by Crippen LogP contribution is 2.30. The number of carbonyl (C=O) groups is 1. The fourth-order valence-corrected chi connectivity index (χ4v) is 2.21. The summed E-state index contributed by atoms with van der Waals surface area (Å²) in [5.41, 5.74) is 1.73. The molecule has 1 heterocycles. The van der Waals surface area contributed by atoms with Crippen LogP contribution in [0, 0.1) is 5.41 Å². The van der Waals surface area contributed by atoms with Crippen molar-refractivity contribution in [3.63, 3.8) is 0 Å². The van der Waals surface area contributed by atoms with E-state index in [9.17, 15) is 4.79 Å². The van der Waals surface area contributed by atoms with Crippen LogP contribution in [0.4, 0.5) is 0 Å². The SMILES string of the molecule is CC(C)(C)C1=CCN(C(=O)CNC2CC2)CC1. The van der Waals surface area contributed by atoms with Crippen molar-refractivity contribution in [1.82, 2.24) is 10.2 Å². The molecule has 1 N–H and O–H groups in total. The Morgan fingerprint density at radius 3 is 2.65 bits per heavy atom. The van der Waals surface area contributed by atoms with Gasteiger partial charge in [0, 0.05) is 19.1 Å². The number of hydrogen-bond donors (Lipinski definition) is 1. The second-order valence-corrected chi connectivity index (χ2v) is 6.22. The molecule has 0 radical (unpaired) electrons. The van der Waals surface area contributed by atoms with Crippen LogP contribution >= 0.6 is 0 Å². The topological polar surface area (TPSA) is 32.3 Å². The van der Waals surface area contributed by atoms with Crippen molar-refractivity contribution in [2.45, 2.75) is 46.1 Å². The van der Waals surface area contributed by atoms with E-state index in [1.165, 1.54) is 18.4 Å². The maximum atomic E-state index is 11.9. The van der Waals surface area contributed by atoms with E-state index in [4.69, 9.17) is 0 Å². The zero-order valence-electron chi connectivity index (χ0n) is 11.3. The molecule has 0 saturated heterocycles. The number of amides is 1. The molecule has 0 aromatic carbocycles. The Hall–Kier alpha value is -0.830. The summed E-state index contributed by atoms with van der Waals surface area (Å²) in [6.07, 6.45) is 5.74. The van der Waals surface area contributed by atoms with Crippen LogP contribution in [0.3, 0.4) is 0 Å². The van der Waals surface area contributed by atoms with Crippen LogP contribution in [0.25, 0.3) is 0 Å². The maximum absolute atomic E-state index is 11.9. The number of hydrogen-bond acceptors (Lipinski definition) is 2. The number of nitrogens with zero attached hydrogens (tertiary/aromatic N) is 1. The van der Waals surface area contributed by atoms with Crippen LogP contribution < -0.4 is 5.32 Å². The average molecular weight is 236 g/mol. The first-order chi connectivity index (χ1) is 7.97. The Balaban J connectivity index is 1.80. The molecule has 1 amide bonds. The van der Waals surface area contributed by atoms with Crippen molar-refractivity contribution in [1.29, 1.82) is 0 Å². The van der Waals surface area contributed by atoms with Crippen LogP contribution in [-0.2, 0) is 4.79 Å². The molecule has 0 aromatic rings. The Morgan fingerprint density at radius 2 is 2.18 bits per heavy atom. The third kappa shape index (κ3) is 3.56. The Labute approximate surface area is 104 Å². The summed E-state index contributed by atoms with van der Waals surface area (Å²) in [6, 6.07) is 0.615. The van der Waals surface area contributed by atoms with Crippen molar-refractivity contribution >= 4 is 5.91 Å². The summed E-state index contributed by atoms with van der Waals surface area (Å²) >= 11 is 0. The zero-order chi connectivity index (χ0) is 12.5. The molecule has 0 bridgehead atoms. The van der Waals surface area contributed by atoms with Gasteiger partial charge in [-0.1, -0.05) is 32.4 Å². The predicted molar refractivity (Wildman–Crippen MR) is 69.8 cm³/mol. The van der Waals surface area contributed by atoms with E-state index in [0.29, 0.717) is 12.6 Å². The monoisotopic (exact) mass is 236 g/mol. The van der Waals surface area contributed by atoms with Gasteiger partial charge in [0.2, 0.25) is 5.91 Å². The minimum absolute atomic E-state index is 0.251. The van der Waals surface area contributed by atoms with Crippen LogP contribution in [0.15, 0.2) is 11.6 Å². The molecule has 96 valence electrons. The highest BCUT2D eigenvalue weighted by molar-refractivity contribution is 5.78. The van der Waals surface area contributed by atoms with Gasteiger partial charge in [0.25, 0.3) is 0 Å². The summed E-state index contributed by atoms with van der Waals surface area (Å²) in [4.78, 5) is 13.9. The van der Waals surface area contributed by atoms with Crippen LogP contribution in [0.1, 0.15) is 40.0 Å². The van der Waals surface area contributed by atoms with Gasteiger partial charge in [0.1, 0.15) is 0 Å². The van der Waals surface area contributed by atoms with Crippen molar-refractivity contribution in [2.24, 2.45) is 5.41 Å². The van der Waals surface area contributed by atoms with E-state index in [1.807, 2.05) is 4.90 Å². The number of carbonyl (C=O) groups excluding carboxylic acids is 1. The summed E-state index contributed by atoms with van der Waals surface area (Å²) < 4.78 is 0. The fraction of sp³-hybridized carbons (Fsp3) is 0.786. The van der Waals surface area contributed by atoms with Crippen molar-refractivity contribution in [3.05, 3.63) is 11.6 Å². The lowest BCUT2D eigenvalue weighted by molar-refractivity contribution is -0.130. The molecule has 2 aliphatic rings. The van der Waals surface area contributed by atoms with Crippen molar-refractivity contribution in [3.8, 4) is 0 Å². The van der Waals surface area contributed by atoms with Crippen molar-refractivity contribution < 1.29 is 4.79 Å². The molecule has 0 atom stereocenters. The summed E-state index contributed by atoms with van der Waals surface area (Å²) in [6.45, 7) is 8.91. The second-order valence-electron chi connectivity index (χ2n) is 6.22. The molecule has 17 heavy (non-hydrogen) atoms. The molecular weight excluding hydrogens is 212 g/mol. The third-order valence-corrected chi connectivity index (χ3v) is 3.64. The molecule has 1 aliphatic heterocycles. The maximum Gasteiger partial charge on any atom is 0.236 e. The van der Waals surface area contributed by atoms with E-state index in [0.717, 1.165) is 19.5 Å². The van der Waals surface area contributed by atoms with Gasteiger partial charge in [-0.3, -0.25) is 4.79 Å². The number of nitrogens with one attached hydrogen (secondary N) is 1. The smallest absolute Gasteiger partial charge is 0.236 e. The summed E-state index contributed by atoms with van der Waals surface area (Å²) in [7, 11) is 0. The van der Waals surface area contributed by atoms with Crippen LogP contribution in [0.5, 0.6) is 0 Å². The lowest BCUT2D eigenvalue weighted by Gasteiger charge is -2.32. The molecule has 0 unspecified atom stereocenters. The lowest BCUT2D eigenvalue weighted by Crippen LogP contribution is -2.41. The first-order valence-electron chi connectivity index (χ1n) is 6.67. The van der Waals surface area contributed by atoms with E-state index >= 15 is 0 Å². The molecule has 1 aliphatic carbocycles. The minimum atomic E-state index is 0.251. The van der Waals surface area contributed by atoms with Gasteiger partial charge in [-0.2, -0.15) is 0 Å². The van der Waals surface area contributed by atoms with Gasteiger partial charge >= 0.3 is 0 Å². The third-order valence-electron chi connectivity index (χ3n) is 3.64. The fourth-order valence-electron chi connectivity index (χ4n) is 2.21. The van der Waals surface area contributed by atoms with E-state index in [2.05, 4.69) is 32.2 Å². The quantitative estimate of drug-likeness (QED) is 0.760. The molecule has 1 fully saturated rings. The van der Waals surface area contributed by atoms with Crippen LogP contribution in [-0.4, -0.2) is 36.5 Å². The highest BCUT2D eigenvalue weighted by Gasteiger charge is 2.25. The predicted octanol–water partition coefficient (Wildman–Crippen LogP) is 1.94.